The van der Waals surface area contributed by atoms with E-state index in [-0.39, 0.29) is 11.1 Å². The van der Waals surface area contributed by atoms with E-state index < -0.39 is 5.97 Å². The van der Waals surface area contributed by atoms with Gasteiger partial charge in [0.25, 0.3) is 5.56 Å². The third kappa shape index (κ3) is 3.04. The second-order valence-corrected chi connectivity index (χ2v) is 5.95. The predicted octanol–water partition coefficient (Wildman–Crippen LogP) is 1.27. The van der Waals surface area contributed by atoms with Crippen LogP contribution in [0.3, 0.4) is 0 Å². The number of hydrogen-bond acceptors (Lipinski definition) is 6. The van der Waals surface area contributed by atoms with Crippen molar-refractivity contribution in [2.75, 3.05) is 0 Å². The molecule has 0 spiro atoms. The van der Waals surface area contributed by atoms with Crippen LogP contribution in [0.25, 0.3) is 10.2 Å². The second-order valence-electron chi connectivity index (χ2n) is 4.83. The molecule has 0 unspecified atom stereocenters. The molecule has 2 aromatic heterocycles. The highest BCUT2D eigenvalue weighted by molar-refractivity contribution is 7.18. The fourth-order valence-electron chi connectivity index (χ4n) is 2.05. The number of aromatic carboxylic acids is 1. The van der Waals surface area contributed by atoms with E-state index in [0.717, 1.165) is 11.3 Å². The molecule has 0 fully saturated rings. The molecular formula is C16H12N3O3S-. The Morgan fingerprint density at radius 3 is 2.78 bits per heavy atom. The molecule has 1 aromatic carbocycles. The van der Waals surface area contributed by atoms with E-state index in [1.165, 1.54) is 40.7 Å². The first-order valence-electron chi connectivity index (χ1n) is 6.94. The van der Waals surface area contributed by atoms with Gasteiger partial charge in [-0.1, -0.05) is 31.2 Å². The molecule has 7 heteroatoms. The van der Waals surface area contributed by atoms with Gasteiger partial charge in [0, 0.05) is 4.88 Å². The molecule has 0 amide bonds. The van der Waals surface area contributed by atoms with Crippen molar-refractivity contribution in [3.8, 4) is 0 Å². The fourth-order valence-corrected chi connectivity index (χ4v) is 2.98. The van der Waals surface area contributed by atoms with Gasteiger partial charge in [0.1, 0.15) is 11.2 Å². The molecular weight excluding hydrogens is 314 g/mol. The van der Waals surface area contributed by atoms with Gasteiger partial charge in [-0.25, -0.2) is 4.98 Å². The van der Waals surface area contributed by atoms with Gasteiger partial charge in [-0.05, 0) is 23.6 Å². The Labute approximate surface area is 135 Å². The van der Waals surface area contributed by atoms with Crippen LogP contribution in [-0.2, 0) is 6.42 Å². The zero-order chi connectivity index (χ0) is 16.4. The van der Waals surface area contributed by atoms with Gasteiger partial charge in [0.05, 0.1) is 17.6 Å². The van der Waals surface area contributed by atoms with Crippen molar-refractivity contribution in [2.45, 2.75) is 13.3 Å². The van der Waals surface area contributed by atoms with Crippen LogP contribution in [0.5, 0.6) is 0 Å². The van der Waals surface area contributed by atoms with Gasteiger partial charge in [0.2, 0.25) is 0 Å². The number of thiophene rings is 1. The molecule has 0 atom stereocenters. The minimum atomic E-state index is -1.23. The van der Waals surface area contributed by atoms with E-state index in [1.807, 2.05) is 13.0 Å². The van der Waals surface area contributed by atoms with Crippen molar-refractivity contribution in [3.63, 3.8) is 0 Å². The van der Waals surface area contributed by atoms with Gasteiger partial charge in [-0.15, -0.1) is 11.3 Å². The molecule has 0 aliphatic heterocycles. The quantitative estimate of drug-likeness (QED) is 0.675. The number of fused-ring (bicyclic) bond motifs is 1. The molecule has 0 aliphatic carbocycles. The molecule has 0 saturated carbocycles. The molecule has 116 valence electrons. The Balaban J connectivity index is 1.92. The van der Waals surface area contributed by atoms with Crippen LogP contribution < -0.4 is 10.7 Å². The summed E-state index contributed by atoms with van der Waals surface area (Å²) in [4.78, 5) is 29.1. The van der Waals surface area contributed by atoms with Gasteiger partial charge >= 0.3 is 0 Å². The molecule has 3 aromatic rings. The maximum atomic E-state index is 12.4. The van der Waals surface area contributed by atoms with E-state index in [0.29, 0.717) is 15.8 Å². The Morgan fingerprint density at radius 1 is 1.39 bits per heavy atom. The molecule has 3 rings (SSSR count). The summed E-state index contributed by atoms with van der Waals surface area (Å²) in [5.74, 6) is -1.23. The number of aromatic nitrogens is 2. The summed E-state index contributed by atoms with van der Waals surface area (Å²) in [6.45, 7) is 2.03. The average molecular weight is 326 g/mol. The van der Waals surface area contributed by atoms with Gasteiger partial charge < -0.3 is 9.90 Å². The lowest BCUT2D eigenvalue weighted by Gasteiger charge is -2.01. The number of nitrogens with zero attached hydrogens (tertiary/aromatic N) is 3. The number of carbonyl (C=O) groups is 1. The number of carbonyl (C=O) groups excluding carboxylic acids is 1. The van der Waals surface area contributed by atoms with Crippen LogP contribution in [0.2, 0.25) is 0 Å². The Morgan fingerprint density at radius 2 is 2.13 bits per heavy atom. The Kier molecular flexibility index (Phi) is 4.03. The van der Waals surface area contributed by atoms with Crippen LogP contribution >= 0.6 is 11.3 Å². The normalized spacial score (nSPS) is 11.3. The standard InChI is InChI=1S/C16H13N3O3S/c1-2-12-7-13-14(23-12)17-9-19(15(13)20)18-8-10-3-5-11(6-4-10)16(21)22/h3-9H,2H2,1H3,(H,21,22)/p-1/b18-8-. The van der Waals surface area contributed by atoms with E-state index >= 15 is 0 Å². The predicted molar refractivity (Wildman–Crippen MR) is 87.0 cm³/mol. The van der Waals surface area contributed by atoms with Crippen molar-refractivity contribution in [2.24, 2.45) is 5.10 Å². The zero-order valence-electron chi connectivity index (χ0n) is 12.2. The van der Waals surface area contributed by atoms with Crippen LogP contribution in [0.15, 0.2) is 46.6 Å². The first-order valence-corrected chi connectivity index (χ1v) is 7.76. The Hall–Kier alpha value is -2.80. The molecule has 0 aliphatic rings. The summed E-state index contributed by atoms with van der Waals surface area (Å²) in [6.07, 6.45) is 3.71. The van der Waals surface area contributed by atoms with Gasteiger partial charge in [-0.2, -0.15) is 9.78 Å². The number of rotatable bonds is 4. The highest BCUT2D eigenvalue weighted by atomic mass is 32.1. The lowest BCUT2D eigenvalue weighted by Crippen LogP contribution is -2.22. The lowest BCUT2D eigenvalue weighted by atomic mass is 10.1. The van der Waals surface area contributed by atoms with Crippen LogP contribution in [0, 0.1) is 0 Å². The third-order valence-electron chi connectivity index (χ3n) is 3.31. The van der Waals surface area contributed by atoms with Crippen molar-refractivity contribution >= 4 is 33.7 Å². The van der Waals surface area contributed by atoms with E-state index in [2.05, 4.69) is 10.1 Å². The molecule has 2 heterocycles. The monoisotopic (exact) mass is 326 g/mol. The maximum absolute atomic E-state index is 12.4. The summed E-state index contributed by atoms with van der Waals surface area (Å²) in [6, 6.07) is 7.87. The summed E-state index contributed by atoms with van der Waals surface area (Å²) in [5.41, 5.74) is 0.530. The number of benzene rings is 1. The molecule has 23 heavy (non-hydrogen) atoms. The van der Waals surface area contributed by atoms with Crippen molar-refractivity contribution in [3.05, 3.63) is 63.0 Å². The zero-order valence-corrected chi connectivity index (χ0v) is 13.0. The first kappa shape index (κ1) is 15.1. The largest absolute Gasteiger partial charge is 0.545 e. The SMILES string of the molecule is CCc1cc2c(=O)n(/N=C\c3ccc(C(=O)[O-])cc3)cnc2s1. The minimum Gasteiger partial charge on any atom is -0.545 e. The van der Waals surface area contributed by atoms with Crippen LogP contribution in [0.4, 0.5) is 0 Å². The minimum absolute atomic E-state index is 0.0905. The highest BCUT2D eigenvalue weighted by Gasteiger charge is 2.07. The van der Waals surface area contributed by atoms with Gasteiger partial charge in [-0.3, -0.25) is 4.79 Å². The third-order valence-corrected chi connectivity index (χ3v) is 4.50. The summed E-state index contributed by atoms with van der Waals surface area (Å²) in [5, 5.41) is 15.3. The molecule has 0 bridgehead atoms. The maximum Gasteiger partial charge on any atom is 0.282 e. The van der Waals surface area contributed by atoms with Crippen LogP contribution in [0.1, 0.15) is 27.7 Å². The number of aryl methyl sites for hydroxylation is 1. The van der Waals surface area contributed by atoms with Crippen molar-refractivity contribution < 1.29 is 9.90 Å². The van der Waals surface area contributed by atoms with Crippen molar-refractivity contribution in [1.29, 1.82) is 0 Å². The van der Waals surface area contributed by atoms with E-state index in [9.17, 15) is 14.7 Å². The Bertz CT molecular complexity index is 955. The summed E-state index contributed by atoms with van der Waals surface area (Å²) < 4.78 is 1.17. The number of carboxylic acids is 1. The van der Waals surface area contributed by atoms with Gasteiger partial charge in [0.15, 0.2) is 0 Å². The molecule has 0 saturated heterocycles. The smallest absolute Gasteiger partial charge is 0.282 e. The number of carboxylic acid groups (broad SMARTS) is 1. The van der Waals surface area contributed by atoms with Crippen LogP contribution in [-0.4, -0.2) is 21.8 Å². The molecule has 6 nitrogen and oxygen atoms in total. The van der Waals surface area contributed by atoms with Crippen molar-refractivity contribution in [1.82, 2.24) is 9.66 Å². The molecule has 0 radical (unpaired) electrons. The average Bonchev–Trinajstić information content (AvgIpc) is 2.99. The fraction of sp³-hybridized carbons (Fsp3) is 0.125. The lowest BCUT2D eigenvalue weighted by molar-refractivity contribution is -0.255. The highest BCUT2D eigenvalue weighted by Crippen LogP contribution is 2.20. The topological polar surface area (TPSA) is 87.4 Å². The first-order chi connectivity index (χ1) is 11.1. The summed E-state index contributed by atoms with van der Waals surface area (Å²) >= 11 is 1.50. The number of hydrogen-bond donors (Lipinski definition) is 0. The van der Waals surface area contributed by atoms with E-state index in [4.69, 9.17) is 0 Å². The summed E-state index contributed by atoms with van der Waals surface area (Å²) in [7, 11) is 0. The molecule has 0 N–H and O–H groups in total. The second kappa shape index (κ2) is 6.13. The van der Waals surface area contributed by atoms with E-state index in [1.54, 1.807) is 12.1 Å².